The van der Waals surface area contributed by atoms with E-state index in [4.69, 9.17) is 10.2 Å². The van der Waals surface area contributed by atoms with Crippen molar-refractivity contribution in [3.05, 3.63) is 50.8 Å². The molecule has 3 nitrogen and oxygen atoms in total. The molecule has 82 valence electrons. The summed E-state index contributed by atoms with van der Waals surface area (Å²) in [7, 11) is 0. The summed E-state index contributed by atoms with van der Waals surface area (Å²) in [6.45, 7) is 0. The van der Waals surface area contributed by atoms with Crippen molar-refractivity contribution in [1.82, 2.24) is 0 Å². The fourth-order valence-electron chi connectivity index (χ4n) is 1.32. The van der Waals surface area contributed by atoms with Gasteiger partial charge in [-0.25, -0.2) is 0 Å². The van der Waals surface area contributed by atoms with Crippen molar-refractivity contribution in [2.75, 3.05) is 5.73 Å². The van der Waals surface area contributed by atoms with E-state index in [2.05, 4.69) is 31.9 Å². The van der Waals surface area contributed by atoms with Crippen LogP contribution in [0.15, 0.2) is 43.9 Å². The van der Waals surface area contributed by atoms with E-state index in [-0.39, 0.29) is 11.5 Å². The topological polar surface area (TPSA) is 56.2 Å². The summed E-state index contributed by atoms with van der Waals surface area (Å²) >= 11 is 6.44. The molecule has 1 aromatic carbocycles. The Morgan fingerprint density at radius 1 is 1.19 bits per heavy atom. The number of benzene rings is 1. The van der Waals surface area contributed by atoms with Crippen LogP contribution in [0, 0.1) is 0 Å². The minimum atomic E-state index is -0.196. The number of carbonyl (C=O) groups excluding carboxylic acids is 1. The smallest absolute Gasteiger partial charge is 0.228 e. The summed E-state index contributed by atoms with van der Waals surface area (Å²) in [5.74, 6) is 0.0862. The highest BCUT2D eigenvalue weighted by Crippen LogP contribution is 2.22. The van der Waals surface area contributed by atoms with Gasteiger partial charge in [0.05, 0.1) is 0 Å². The number of halogens is 2. The zero-order valence-corrected chi connectivity index (χ0v) is 11.2. The summed E-state index contributed by atoms with van der Waals surface area (Å²) in [5.41, 5.74) is 6.68. The van der Waals surface area contributed by atoms with Gasteiger partial charge in [0, 0.05) is 15.7 Å². The SMILES string of the molecule is Nc1cc(Br)cc(C(=O)c2ccc(Br)o2)c1. The van der Waals surface area contributed by atoms with Crippen molar-refractivity contribution >= 4 is 43.3 Å². The number of anilines is 1. The Bertz CT molecular complexity index is 528. The second kappa shape index (κ2) is 4.43. The van der Waals surface area contributed by atoms with Gasteiger partial charge in [0.2, 0.25) is 5.78 Å². The number of carbonyl (C=O) groups is 1. The molecule has 0 radical (unpaired) electrons. The highest BCUT2D eigenvalue weighted by atomic mass is 79.9. The summed E-state index contributed by atoms with van der Waals surface area (Å²) in [4.78, 5) is 12.0. The number of hydrogen-bond acceptors (Lipinski definition) is 3. The maximum atomic E-state index is 12.0. The molecule has 0 aliphatic heterocycles. The van der Waals surface area contributed by atoms with Gasteiger partial charge in [-0.05, 0) is 46.3 Å². The quantitative estimate of drug-likeness (QED) is 0.668. The van der Waals surface area contributed by atoms with E-state index < -0.39 is 0 Å². The first-order chi connectivity index (χ1) is 7.56. The molecular formula is C11H7Br2NO2. The molecule has 0 amide bonds. The normalized spacial score (nSPS) is 10.4. The zero-order chi connectivity index (χ0) is 11.7. The molecule has 2 N–H and O–H groups in total. The largest absolute Gasteiger partial charge is 0.446 e. The number of ketones is 1. The van der Waals surface area contributed by atoms with Gasteiger partial charge < -0.3 is 10.2 Å². The van der Waals surface area contributed by atoms with Crippen LogP contribution < -0.4 is 5.73 Å². The third kappa shape index (κ3) is 2.36. The van der Waals surface area contributed by atoms with Gasteiger partial charge in [-0.15, -0.1) is 0 Å². The molecule has 0 unspecified atom stereocenters. The standard InChI is InChI=1S/C11H7Br2NO2/c12-7-3-6(4-8(14)5-7)11(15)9-1-2-10(13)16-9/h1-5H,14H2. The summed E-state index contributed by atoms with van der Waals surface area (Å²) in [6, 6.07) is 8.34. The first-order valence-corrected chi connectivity index (χ1v) is 6.01. The second-order valence-corrected chi connectivity index (χ2v) is 4.90. The van der Waals surface area contributed by atoms with Crippen LogP contribution in [-0.4, -0.2) is 5.78 Å². The van der Waals surface area contributed by atoms with Crippen LogP contribution in [0.4, 0.5) is 5.69 Å². The van der Waals surface area contributed by atoms with Crippen molar-refractivity contribution in [2.24, 2.45) is 0 Å². The monoisotopic (exact) mass is 343 g/mol. The fourth-order valence-corrected chi connectivity index (χ4v) is 2.14. The summed E-state index contributed by atoms with van der Waals surface area (Å²) in [5, 5.41) is 0. The maximum Gasteiger partial charge on any atom is 0.228 e. The van der Waals surface area contributed by atoms with Crippen LogP contribution in [0.2, 0.25) is 0 Å². The average Bonchev–Trinajstić information content (AvgIpc) is 2.62. The molecule has 2 rings (SSSR count). The van der Waals surface area contributed by atoms with E-state index in [0.717, 1.165) is 4.47 Å². The third-order valence-electron chi connectivity index (χ3n) is 1.98. The van der Waals surface area contributed by atoms with E-state index in [1.165, 1.54) is 0 Å². The predicted octanol–water partition coefficient (Wildman–Crippen LogP) is 3.62. The van der Waals surface area contributed by atoms with E-state index >= 15 is 0 Å². The molecule has 0 saturated heterocycles. The highest BCUT2D eigenvalue weighted by molar-refractivity contribution is 9.10. The van der Waals surface area contributed by atoms with Crippen LogP contribution in [0.5, 0.6) is 0 Å². The molecule has 1 heterocycles. The van der Waals surface area contributed by atoms with Crippen LogP contribution in [0.1, 0.15) is 16.1 Å². The molecule has 0 spiro atoms. The lowest BCUT2D eigenvalue weighted by atomic mass is 10.1. The van der Waals surface area contributed by atoms with Gasteiger partial charge in [-0.2, -0.15) is 0 Å². The molecule has 0 aliphatic carbocycles. The Hall–Kier alpha value is -1.07. The Morgan fingerprint density at radius 2 is 1.94 bits per heavy atom. The van der Waals surface area contributed by atoms with Crippen LogP contribution >= 0.6 is 31.9 Å². The second-order valence-electron chi connectivity index (χ2n) is 3.21. The van der Waals surface area contributed by atoms with Crippen LogP contribution in [-0.2, 0) is 0 Å². The van der Waals surface area contributed by atoms with Gasteiger partial charge in [0.1, 0.15) is 0 Å². The molecule has 0 saturated carbocycles. The molecule has 16 heavy (non-hydrogen) atoms. The minimum Gasteiger partial charge on any atom is -0.446 e. The summed E-state index contributed by atoms with van der Waals surface area (Å²) in [6.07, 6.45) is 0. The van der Waals surface area contributed by atoms with Gasteiger partial charge in [0.25, 0.3) is 0 Å². The molecule has 2 aromatic rings. The van der Waals surface area contributed by atoms with E-state index in [1.807, 2.05) is 0 Å². The molecule has 5 heteroatoms. The minimum absolute atomic E-state index is 0.196. The molecular weight excluding hydrogens is 338 g/mol. The molecule has 0 bridgehead atoms. The van der Waals surface area contributed by atoms with Crippen molar-refractivity contribution in [1.29, 1.82) is 0 Å². The molecule has 0 fully saturated rings. The lowest BCUT2D eigenvalue weighted by Gasteiger charge is -2.01. The number of furan rings is 1. The van der Waals surface area contributed by atoms with Gasteiger partial charge in [-0.3, -0.25) is 4.79 Å². The molecule has 1 aromatic heterocycles. The van der Waals surface area contributed by atoms with Crippen molar-refractivity contribution in [2.45, 2.75) is 0 Å². The maximum absolute atomic E-state index is 12.0. The first kappa shape index (κ1) is 11.4. The van der Waals surface area contributed by atoms with E-state index in [0.29, 0.717) is 15.9 Å². The fraction of sp³-hybridized carbons (Fsp3) is 0. The number of nitrogens with two attached hydrogens (primary N) is 1. The average molecular weight is 345 g/mol. The summed E-state index contributed by atoms with van der Waals surface area (Å²) < 4.78 is 6.48. The predicted molar refractivity (Wildman–Crippen MR) is 68.4 cm³/mol. The van der Waals surface area contributed by atoms with Gasteiger partial charge in [0.15, 0.2) is 10.4 Å². The number of nitrogen functional groups attached to an aromatic ring is 1. The van der Waals surface area contributed by atoms with Crippen molar-refractivity contribution in [3.63, 3.8) is 0 Å². The Kier molecular flexibility index (Phi) is 3.16. The molecule has 0 atom stereocenters. The van der Waals surface area contributed by atoms with Crippen LogP contribution in [0.3, 0.4) is 0 Å². The number of rotatable bonds is 2. The van der Waals surface area contributed by atoms with Gasteiger partial charge >= 0.3 is 0 Å². The Balaban J connectivity index is 2.41. The lowest BCUT2D eigenvalue weighted by Crippen LogP contribution is -2.00. The Labute approximate surface area is 109 Å². The lowest BCUT2D eigenvalue weighted by molar-refractivity contribution is 0.101. The van der Waals surface area contributed by atoms with E-state index in [1.54, 1.807) is 30.3 Å². The number of hydrogen-bond donors (Lipinski definition) is 1. The van der Waals surface area contributed by atoms with E-state index in [9.17, 15) is 4.79 Å². The van der Waals surface area contributed by atoms with Crippen molar-refractivity contribution < 1.29 is 9.21 Å². The van der Waals surface area contributed by atoms with Crippen molar-refractivity contribution in [3.8, 4) is 0 Å². The molecule has 0 aliphatic rings. The van der Waals surface area contributed by atoms with Gasteiger partial charge in [-0.1, -0.05) is 15.9 Å². The van der Waals surface area contributed by atoms with Crippen LogP contribution in [0.25, 0.3) is 0 Å². The third-order valence-corrected chi connectivity index (χ3v) is 2.86. The first-order valence-electron chi connectivity index (χ1n) is 4.42. The highest BCUT2D eigenvalue weighted by Gasteiger charge is 2.14. The Morgan fingerprint density at radius 3 is 2.50 bits per heavy atom. The zero-order valence-electron chi connectivity index (χ0n) is 8.04.